The van der Waals surface area contributed by atoms with Gasteiger partial charge in [0.2, 0.25) is 5.52 Å². The average Bonchev–Trinajstić information content (AvgIpc) is 2.15. The number of nitrogens with zero attached hydrogens (tertiary/aromatic N) is 1. The monoisotopic (exact) mass is 229 g/mol. The highest BCUT2D eigenvalue weighted by Gasteiger charge is 2.31. The van der Waals surface area contributed by atoms with Crippen LogP contribution in [0.3, 0.4) is 0 Å². The van der Waals surface area contributed by atoms with Crippen LogP contribution in [-0.4, -0.2) is 6.36 Å². The van der Waals surface area contributed by atoms with Crippen LogP contribution in [0.25, 0.3) is 10.9 Å². The van der Waals surface area contributed by atoms with E-state index in [9.17, 15) is 18.4 Å². The number of benzene rings is 1. The van der Waals surface area contributed by atoms with Gasteiger partial charge in [0, 0.05) is 12.1 Å². The first-order valence-corrected chi connectivity index (χ1v) is 4.33. The quantitative estimate of drug-likeness (QED) is 0.556. The van der Waals surface area contributed by atoms with Crippen molar-refractivity contribution in [3.63, 3.8) is 0 Å². The van der Waals surface area contributed by atoms with E-state index in [2.05, 4.69) is 4.74 Å². The smallest absolute Gasteiger partial charge is 0.573 e. The molecular weight excluding hydrogens is 223 g/mol. The van der Waals surface area contributed by atoms with Gasteiger partial charge >= 0.3 is 6.36 Å². The van der Waals surface area contributed by atoms with Crippen LogP contribution in [0.15, 0.2) is 36.5 Å². The fourth-order valence-electron chi connectivity index (χ4n) is 1.37. The molecule has 0 amide bonds. The highest BCUT2D eigenvalue weighted by atomic mass is 19.4. The number of aromatic nitrogens is 1. The molecule has 0 aliphatic rings. The van der Waals surface area contributed by atoms with E-state index in [0.717, 1.165) is 12.1 Å². The number of alkyl halides is 3. The van der Waals surface area contributed by atoms with Gasteiger partial charge in [0.1, 0.15) is 5.75 Å². The van der Waals surface area contributed by atoms with E-state index in [4.69, 9.17) is 0 Å². The van der Waals surface area contributed by atoms with Gasteiger partial charge in [0.15, 0.2) is 6.20 Å². The molecule has 0 bridgehead atoms. The minimum Gasteiger partial charge on any atom is -0.618 e. The van der Waals surface area contributed by atoms with E-state index in [1.54, 1.807) is 0 Å². The predicted molar refractivity (Wildman–Crippen MR) is 49.6 cm³/mol. The Morgan fingerprint density at radius 3 is 2.62 bits per heavy atom. The van der Waals surface area contributed by atoms with E-state index < -0.39 is 6.36 Å². The number of pyridine rings is 1. The SMILES string of the molecule is [O-][n+]1cccc2cc(OC(F)(F)F)ccc21. The molecule has 3 nitrogen and oxygen atoms in total. The maximum absolute atomic E-state index is 11.9. The fraction of sp³-hybridized carbons (Fsp3) is 0.100. The van der Waals surface area contributed by atoms with E-state index in [1.807, 2.05) is 0 Å². The van der Waals surface area contributed by atoms with Crippen LogP contribution in [0.1, 0.15) is 0 Å². The van der Waals surface area contributed by atoms with Crippen LogP contribution in [0, 0.1) is 5.21 Å². The molecule has 0 N–H and O–H groups in total. The molecule has 0 atom stereocenters. The van der Waals surface area contributed by atoms with Crippen LogP contribution >= 0.6 is 0 Å². The highest BCUT2D eigenvalue weighted by Crippen LogP contribution is 2.25. The normalized spacial score (nSPS) is 11.7. The molecule has 0 radical (unpaired) electrons. The van der Waals surface area contributed by atoms with Gasteiger partial charge in [0.05, 0.1) is 5.39 Å². The Kier molecular flexibility index (Phi) is 2.34. The van der Waals surface area contributed by atoms with Crippen molar-refractivity contribution in [2.45, 2.75) is 6.36 Å². The summed E-state index contributed by atoms with van der Waals surface area (Å²) in [6, 6.07) is 6.53. The van der Waals surface area contributed by atoms with Gasteiger partial charge in [-0.15, -0.1) is 13.2 Å². The van der Waals surface area contributed by atoms with Crippen molar-refractivity contribution in [1.82, 2.24) is 0 Å². The average molecular weight is 229 g/mol. The molecule has 0 fully saturated rings. The first kappa shape index (κ1) is 10.5. The van der Waals surface area contributed by atoms with Gasteiger partial charge in [-0.2, -0.15) is 4.73 Å². The van der Waals surface area contributed by atoms with E-state index in [1.165, 1.54) is 24.4 Å². The number of hydrogen-bond donors (Lipinski definition) is 0. The molecule has 84 valence electrons. The van der Waals surface area contributed by atoms with Gasteiger partial charge in [0.25, 0.3) is 0 Å². The highest BCUT2D eigenvalue weighted by molar-refractivity contribution is 5.77. The standard InChI is InChI=1S/C10H6F3NO2/c11-10(12,13)16-8-3-4-9-7(6-8)2-1-5-14(9)15/h1-6H. The van der Waals surface area contributed by atoms with Gasteiger partial charge in [-0.3, -0.25) is 0 Å². The lowest BCUT2D eigenvalue weighted by atomic mass is 10.2. The molecule has 2 rings (SSSR count). The number of halogens is 3. The molecule has 0 saturated heterocycles. The molecule has 6 heteroatoms. The first-order chi connectivity index (χ1) is 7.46. The van der Waals surface area contributed by atoms with E-state index in [-0.39, 0.29) is 11.3 Å². The molecule has 0 saturated carbocycles. The second kappa shape index (κ2) is 3.55. The lowest BCUT2D eigenvalue weighted by Gasteiger charge is -2.09. The lowest BCUT2D eigenvalue weighted by molar-refractivity contribution is -0.577. The first-order valence-electron chi connectivity index (χ1n) is 4.33. The summed E-state index contributed by atoms with van der Waals surface area (Å²) in [5.74, 6) is -0.341. The summed E-state index contributed by atoms with van der Waals surface area (Å²) >= 11 is 0. The van der Waals surface area contributed by atoms with Crippen LogP contribution < -0.4 is 9.47 Å². The van der Waals surface area contributed by atoms with Crippen molar-refractivity contribution in [2.75, 3.05) is 0 Å². The maximum atomic E-state index is 11.9. The number of ether oxygens (including phenoxy) is 1. The molecule has 1 aromatic heterocycles. The Morgan fingerprint density at radius 1 is 1.19 bits per heavy atom. The summed E-state index contributed by atoms with van der Waals surface area (Å²) in [6.45, 7) is 0. The summed E-state index contributed by atoms with van der Waals surface area (Å²) in [7, 11) is 0. The molecule has 0 spiro atoms. The van der Waals surface area contributed by atoms with Crippen molar-refractivity contribution >= 4 is 10.9 Å². The molecule has 2 aromatic rings. The summed E-state index contributed by atoms with van der Waals surface area (Å²) in [4.78, 5) is 0. The van der Waals surface area contributed by atoms with Crippen molar-refractivity contribution in [1.29, 1.82) is 0 Å². The van der Waals surface area contributed by atoms with Gasteiger partial charge < -0.3 is 9.94 Å². The Morgan fingerprint density at radius 2 is 1.94 bits per heavy atom. The Labute approximate surface area is 88.3 Å². The number of rotatable bonds is 1. The van der Waals surface area contributed by atoms with Crippen LogP contribution in [-0.2, 0) is 0 Å². The van der Waals surface area contributed by atoms with Crippen LogP contribution in [0.5, 0.6) is 5.75 Å². The third kappa shape index (κ3) is 2.16. The molecule has 0 aliphatic heterocycles. The molecular formula is C10H6F3NO2. The zero-order chi connectivity index (χ0) is 11.8. The Balaban J connectivity index is 2.45. The fourth-order valence-corrected chi connectivity index (χ4v) is 1.37. The number of fused-ring (bicyclic) bond motifs is 1. The molecule has 0 unspecified atom stereocenters. The predicted octanol–water partition coefficient (Wildman–Crippen LogP) is 2.37. The zero-order valence-electron chi connectivity index (χ0n) is 7.86. The minimum atomic E-state index is -4.73. The topological polar surface area (TPSA) is 36.2 Å². The summed E-state index contributed by atoms with van der Waals surface area (Å²) in [5.41, 5.74) is 0.289. The van der Waals surface area contributed by atoms with Crippen molar-refractivity contribution in [3.8, 4) is 5.75 Å². The summed E-state index contributed by atoms with van der Waals surface area (Å²) in [5, 5.41) is 11.6. The lowest BCUT2D eigenvalue weighted by Crippen LogP contribution is -2.25. The largest absolute Gasteiger partial charge is 0.618 e. The third-order valence-corrected chi connectivity index (χ3v) is 1.97. The van der Waals surface area contributed by atoms with Gasteiger partial charge in [-0.1, -0.05) is 0 Å². The van der Waals surface area contributed by atoms with E-state index in [0.29, 0.717) is 10.1 Å². The van der Waals surface area contributed by atoms with Crippen LogP contribution in [0.4, 0.5) is 13.2 Å². The Bertz CT molecular complexity index is 525. The summed E-state index contributed by atoms with van der Waals surface area (Å²) in [6.07, 6.45) is -3.46. The maximum Gasteiger partial charge on any atom is 0.573 e. The molecule has 0 aliphatic carbocycles. The summed E-state index contributed by atoms with van der Waals surface area (Å²) < 4.78 is 40.1. The molecule has 1 heterocycles. The van der Waals surface area contributed by atoms with E-state index >= 15 is 0 Å². The van der Waals surface area contributed by atoms with Crippen molar-refractivity contribution in [3.05, 3.63) is 41.7 Å². The third-order valence-electron chi connectivity index (χ3n) is 1.97. The Hall–Kier alpha value is -1.98. The van der Waals surface area contributed by atoms with Crippen molar-refractivity contribution < 1.29 is 22.6 Å². The van der Waals surface area contributed by atoms with Gasteiger partial charge in [-0.25, -0.2) is 0 Å². The van der Waals surface area contributed by atoms with Gasteiger partial charge in [-0.05, 0) is 18.2 Å². The second-order valence-corrected chi connectivity index (χ2v) is 3.10. The zero-order valence-corrected chi connectivity index (χ0v) is 7.86. The molecule has 1 aromatic carbocycles. The second-order valence-electron chi connectivity index (χ2n) is 3.10. The number of hydrogen-bond acceptors (Lipinski definition) is 2. The van der Waals surface area contributed by atoms with Crippen LogP contribution in [0.2, 0.25) is 0 Å². The van der Waals surface area contributed by atoms with Crippen molar-refractivity contribution in [2.24, 2.45) is 0 Å². The molecule has 16 heavy (non-hydrogen) atoms. The minimum absolute atomic E-state index is 0.289.